The average Bonchev–Trinajstić information content (AvgIpc) is 2.59. The van der Waals surface area contributed by atoms with Gasteiger partial charge in [-0.3, -0.25) is 4.79 Å². The molecule has 0 unspecified atom stereocenters. The number of carbonyl (C=O) groups is 1. The largest absolute Gasteiger partial charge is 0.272 e. The topological polar surface area (TPSA) is 41.5 Å². The second kappa shape index (κ2) is 9.24. The molecule has 0 aliphatic heterocycles. The number of nitrogens with zero attached hydrogens (tertiary/aromatic N) is 1. The lowest BCUT2D eigenvalue weighted by molar-refractivity contribution is -0.118. The fraction of sp³-hybridized carbons (Fsp3) is 0.333. The van der Waals surface area contributed by atoms with Crippen molar-refractivity contribution >= 4 is 35.0 Å². The van der Waals surface area contributed by atoms with E-state index >= 15 is 0 Å². The zero-order valence-electron chi connectivity index (χ0n) is 15.7. The van der Waals surface area contributed by atoms with Gasteiger partial charge in [-0.25, -0.2) is 5.43 Å². The molecule has 0 aromatic heterocycles. The molecular weight excluding hydrogens is 364 g/mol. The molecule has 0 saturated carbocycles. The van der Waals surface area contributed by atoms with Crippen LogP contribution in [0.25, 0.3) is 0 Å². The van der Waals surface area contributed by atoms with Gasteiger partial charge in [0.15, 0.2) is 0 Å². The van der Waals surface area contributed by atoms with E-state index < -0.39 is 0 Å². The molecule has 0 aliphatic carbocycles. The molecule has 26 heavy (non-hydrogen) atoms. The van der Waals surface area contributed by atoms with Crippen molar-refractivity contribution in [2.75, 3.05) is 5.75 Å². The van der Waals surface area contributed by atoms with Gasteiger partial charge in [0.2, 0.25) is 5.91 Å². The Balaban J connectivity index is 1.83. The van der Waals surface area contributed by atoms with E-state index in [1.54, 1.807) is 0 Å². The molecular formula is C21H25ClN2OS. The summed E-state index contributed by atoms with van der Waals surface area (Å²) in [6, 6.07) is 16.0. The molecule has 0 radical (unpaired) electrons. The Morgan fingerprint density at radius 1 is 1.15 bits per heavy atom. The van der Waals surface area contributed by atoms with Crippen molar-refractivity contribution in [2.45, 2.75) is 38.9 Å². The minimum Gasteiger partial charge on any atom is -0.272 e. The lowest BCUT2D eigenvalue weighted by atomic mass is 9.86. The Hall–Kier alpha value is -1.78. The van der Waals surface area contributed by atoms with E-state index in [1.165, 1.54) is 17.3 Å². The van der Waals surface area contributed by atoms with E-state index in [2.05, 4.69) is 43.4 Å². The summed E-state index contributed by atoms with van der Waals surface area (Å²) < 4.78 is 0. The first kappa shape index (κ1) is 20.5. The first-order valence-corrected chi connectivity index (χ1v) is 10.1. The molecule has 1 N–H and O–H groups in total. The second-order valence-corrected chi connectivity index (χ2v) is 8.60. The van der Waals surface area contributed by atoms with Crippen molar-refractivity contribution in [1.29, 1.82) is 0 Å². The zero-order chi connectivity index (χ0) is 19.2. The Labute approximate surface area is 165 Å². The van der Waals surface area contributed by atoms with E-state index in [4.69, 9.17) is 11.6 Å². The van der Waals surface area contributed by atoms with Crippen LogP contribution in [0.3, 0.4) is 0 Å². The fourth-order valence-corrected chi connectivity index (χ4v) is 3.32. The van der Waals surface area contributed by atoms with Crippen LogP contribution in [-0.2, 0) is 16.0 Å². The molecule has 0 saturated heterocycles. The lowest BCUT2D eigenvalue weighted by Gasteiger charge is -2.19. The van der Waals surface area contributed by atoms with Crippen LogP contribution in [0, 0.1) is 0 Å². The highest BCUT2D eigenvalue weighted by Crippen LogP contribution is 2.22. The van der Waals surface area contributed by atoms with Crippen molar-refractivity contribution in [3.63, 3.8) is 0 Å². The Morgan fingerprint density at radius 3 is 2.46 bits per heavy atom. The summed E-state index contributed by atoms with van der Waals surface area (Å²) in [5.41, 5.74) is 6.92. The van der Waals surface area contributed by atoms with E-state index in [-0.39, 0.29) is 11.3 Å². The number of amides is 1. The minimum absolute atomic E-state index is 0.109. The molecule has 1 amide bonds. The molecule has 138 valence electrons. The van der Waals surface area contributed by atoms with Crippen LogP contribution in [-0.4, -0.2) is 17.4 Å². The number of benzene rings is 2. The first-order chi connectivity index (χ1) is 12.3. The summed E-state index contributed by atoms with van der Waals surface area (Å²) in [7, 11) is 0. The van der Waals surface area contributed by atoms with Crippen LogP contribution in [0.1, 0.15) is 44.4 Å². The number of carbonyl (C=O) groups excluding carboxylic acids is 1. The Kier molecular flexibility index (Phi) is 7.30. The summed E-state index contributed by atoms with van der Waals surface area (Å²) in [6.45, 7) is 8.45. The van der Waals surface area contributed by atoms with Gasteiger partial charge in [-0.2, -0.15) is 5.10 Å². The zero-order valence-corrected chi connectivity index (χ0v) is 17.2. The Morgan fingerprint density at radius 2 is 1.85 bits per heavy atom. The number of hydrogen-bond acceptors (Lipinski definition) is 3. The smallest absolute Gasteiger partial charge is 0.250 e. The van der Waals surface area contributed by atoms with Gasteiger partial charge in [-0.1, -0.05) is 68.8 Å². The second-order valence-electron chi connectivity index (χ2n) is 7.18. The standard InChI is InChI=1S/C21H25ClN2OS/c1-15(17-8-10-18(11-9-17)21(2,3)4)23-24-20(25)14-26-13-16-6-5-7-19(22)12-16/h5-12H,13-14H2,1-4H3,(H,24,25)/b23-15-. The predicted octanol–water partition coefficient (Wildman–Crippen LogP) is 5.41. The van der Waals surface area contributed by atoms with Gasteiger partial charge in [0.05, 0.1) is 11.5 Å². The monoisotopic (exact) mass is 388 g/mol. The third kappa shape index (κ3) is 6.50. The number of hydrazone groups is 1. The van der Waals surface area contributed by atoms with Gasteiger partial charge in [-0.05, 0) is 41.2 Å². The van der Waals surface area contributed by atoms with Crippen molar-refractivity contribution in [3.05, 3.63) is 70.2 Å². The summed E-state index contributed by atoms with van der Waals surface area (Å²) in [5.74, 6) is 0.986. The van der Waals surface area contributed by atoms with Gasteiger partial charge < -0.3 is 0 Å². The number of halogens is 1. The van der Waals surface area contributed by atoms with Crippen molar-refractivity contribution in [2.24, 2.45) is 5.10 Å². The molecule has 3 nitrogen and oxygen atoms in total. The number of thioether (sulfide) groups is 1. The van der Waals surface area contributed by atoms with E-state index in [9.17, 15) is 4.79 Å². The fourth-order valence-electron chi connectivity index (χ4n) is 2.34. The predicted molar refractivity (Wildman–Crippen MR) is 113 cm³/mol. The molecule has 0 heterocycles. The van der Waals surface area contributed by atoms with E-state index in [0.29, 0.717) is 10.8 Å². The van der Waals surface area contributed by atoms with Gasteiger partial charge >= 0.3 is 0 Å². The van der Waals surface area contributed by atoms with Crippen molar-refractivity contribution < 1.29 is 4.79 Å². The van der Waals surface area contributed by atoms with Crippen LogP contribution in [0.5, 0.6) is 0 Å². The van der Waals surface area contributed by atoms with Gasteiger partial charge in [-0.15, -0.1) is 11.8 Å². The first-order valence-electron chi connectivity index (χ1n) is 8.52. The van der Waals surface area contributed by atoms with Crippen molar-refractivity contribution in [3.8, 4) is 0 Å². The Bertz CT molecular complexity index is 779. The maximum absolute atomic E-state index is 12.0. The van der Waals surface area contributed by atoms with Crippen LogP contribution in [0.15, 0.2) is 53.6 Å². The van der Waals surface area contributed by atoms with Gasteiger partial charge in [0, 0.05) is 10.8 Å². The number of nitrogens with one attached hydrogen (secondary N) is 1. The highest BCUT2D eigenvalue weighted by atomic mass is 35.5. The van der Waals surface area contributed by atoms with Gasteiger partial charge in [0.25, 0.3) is 0 Å². The minimum atomic E-state index is -0.109. The summed E-state index contributed by atoms with van der Waals surface area (Å²) in [6.07, 6.45) is 0. The molecule has 0 atom stereocenters. The SMILES string of the molecule is C/C(=N/NC(=O)CSCc1cccc(Cl)c1)c1ccc(C(C)(C)C)cc1. The molecule has 0 aliphatic rings. The average molecular weight is 389 g/mol. The van der Waals surface area contributed by atoms with Crippen LogP contribution < -0.4 is 5.43 Å². The summed E-state index contributed by atoms with van der Waals surface area (Å²) >= 11 is 7.49. The summed E-state index contributed by atoms with van der Waals surface area (Å²) in [4.78, 5) is 12.0. The normalized spacial score (nSPS) is 12.1. The van der Waals surface area contributed by atoms with E-state index in [0.717, 1.165) is 22.6 Å². The maximum atomic E-state index is 12.0. The van der Waals surface area contributed by atoms with Gasteiger partial charge in [0.1, 0.15) is 0 Å². The summed E-state index contributed by atoms with van der Waals surface area (Å²) in [5, 5.41) is 4.92. The third-order valence-corrected chi connectivity index (χ3v) is 5.15. The maximum Gasteiger partial charge on any atom is 0.250 e. The molecule has 0 bridgehead atoms. The number of rotatable bonds is 6. The van der Waals surface area contributed by atoms with E-state index in [1.807, 2.05) is 43.3 Å². The lowest BCUT2D eigenvalue weighted by Crippen LogP contribution is -2.21. The van der Waals surface area contributed by atoms with Crippen LogP contribution in [0.4, 0.5) is 0 Å². The third-order valence-electron chi connectivity index (χ3n) is 3.91. The van der Waals surface area contributed by atoms with Crippen LogP contribution in [0.2, 0.25) is 5.02 Å². The molecule has 5 heteroatoms. The molecule has 0 fully saturated rings. The highest BCUT2D eigenvalue weighted by molar-refractivity contribution is 7.99. The molecule has 2 aromatic rings. The van der Waals surface area contributed by atoms with Crippen molar-refractivity contribution in [1.82, 2.24) is 5.43 Å². The quantitative estimate of drug-likeness (QED) is 0.530. The highest BCUT2D eigenvalue weighted by Gasteiger charge is 2.13. The molecule has 2 rings (SSSR count). The molecule has 0 spiro atoms. The molecule has 2 aromatic carbocycles. The van der Waals surface area contributed by atoms with Crippen LogP contribution >= 0.6 is 23.4 Å². The number of hydrogen-bond donors (Lipinski definition) is 1.